The lowest BCUT2D eigenvalue weighted by atomic mass is 10.0. The van der Waals surface area contributed by atoms with Crippen LogP contribution in [0.3, 0.4) is 0 Å². The molecule has 1 aliphatic heterocycles. The van der Waals surface area contributed by atoms with Crippen LogP contribution in [0.1, 0.15) is 5.56 Å². The maximum absolute atomic E-state index is 13.4. The molecular weight excluding hydrogens is 261 g/mol. The summed E-state index contributed by atoms with van der Waals surface area (Å²) in [4.78, 5) is 2.13. The van der Waals surface area contributed by atoms with Crippen LogP contribution in [-0.4, -0.2) is 29.7 Å². The first-order valence-corrected chi connectivity index (χ1v) is 5.76. The first-order chi connectivity index (χ1) is 7.20. The highest BCUT2D eigenvalue weighted by molar-refractivity contribution is 9.10. The highest BCUT2D eigenvalue weighted by Crippen LogP contribution is 2.24. The Bertz CT molecular complexity index is 332. The first kappa shape index (κ1) is 11.0. The van der Waals surface area contributed by atoms with Gasteiger partial charge in [-0.1, -0.05) is 22.0 Å². The van der Waals surface area contributed by atoms with Gasteiger partial charge in [-0.2, -0.15) is 0 Å². The molecule has 4 heteroatoms. The van der Waals surface area contributed by atoms with Gasteiger partial charge >= 0.3 is 0 Å². The largest absolute Gasteiger partial charge is 0.396 e. The molecule has 0 atom stereocenters. The number of nitrogens with zero attached hydrogens (tertiary/aromatic N) is 1. The fourth-order valence-corrected chi connectivity index (χ4v) is 2.30. The average molecular weight is 274 g/mol. The molecule has 0 aliphatic carbocycles. The molecular formula is C11H13BrFNO. The maximum atomic E-state index is 13.4. The van der Waals surface area contributed by atoms with Crippen LogP contribution in [0.4, 0.5) is 4.39 Å². The summed E-state index contributed by atoms with van der Waals surface area (Å²) in [7, 11) is 0. The quantitative estimate of drug-likeness (QED) is 0.911. The van der Waals surface area contributed by atoms with Crippen molar-refractivity contribution >= 4 is 15.9 Å². The summed E-state index contributed by atoms with van der Waals surface area (Å²) in [5, 5.41) is 8.87. The summed E-state index contributed by atoms with van der Waals surface area (Å²) in [5.74, 6) is 0.201. The van der Waals surface area contributed by atoms with Gasteiger partial charge in [0.1, 0.15) is 5.82 Å². The van der Waals surface area contributed by atoms with Crippen molar-refractivity contribution < 1.29 is 9.50 Å². The Hall–Kier alpha value is -0.450. The van der Waals surface area contributed by atoms with Crippen molar-refractivity contribution in [2.75, 3.05) is 19.7 Å². The van der Waals surface area contributed by atoms with Gasteiger partial charge in [0.05, 0.1) is 0 Å². The van der Waals surface area contributed by atoms with Gasteiger partial charge in [-0.25, -0.2) is 4.39 Å². The van der Waals surface area contributed by atoms with Crippen molar-refractivity contribution in [3.63, 3.8) is 0 Å². The molecule has 1 aromatic carbocycles. The molecule has 1 aromatic rings. The number of hydrogen-bond acceptors (Lipinski definition) is 2. The Labute approximate surface area is 96.8 Å². The predicted molar refractivity (Wildman–Crippen MR) is 60.0 cm³/mol. The summed E-state index contributed by atoms with van der Waals surface area (Å²) in [6.07, 6.45) is 0. The van der Waals surface area contributed by atoms with Crippen LogP contribution in [-0.2, 0) is 6.54 Å². The Morgan fingerprint density at radius 3 is 2.80 bits per heavy atom. The summed E-state index contributed by atoms with van der Waals surface area (Å²) < 4.78 is 14.3. The van der Waals surface area contributed by atoms with Crippen molar-refractivity contribution in [1.82, 2.24) is 4.90 Å². The van der Waals surface area contributed by atoms with E-state index in [4.69, 9.17) is 5.11 Å². The van der Waals surface area contributed by atoms with Gasteiger partial charge in [-0.15, -0.1) is 0 Å². The zero-order chi connectivity index (χ0) is 10.8. The van der Waals surface area contributed by atoms with Crippen molar-refractivity contribution in [1.29, 1.82) is 0 Å². The van der Waals surface area contributed by atoms with E-state index < -0.39 is 0 Å². The Kier molecular flexibility index (Phi) is 3.38. The summed E-state index contributed by atoms with van der Waals surface area (Å²) in [6.45, 7) is 2.56. The number of aliphatic hydroxyl groups excluding tert-OH is 1. The van der Waals surface area contributed by atoms with Gasteiger partial charge in [0, 0.05) is 42.2 Å². The predicted octanol–water partition coefficient (Wildman–Crippen LogP) is 2.01. The third kappa shape index (κ3) is 2.38. The molecule has 1 aliphatic rings. The van der Waals surface area contributed by atoms with Gasteiger partial charge in [0.25, 0.3) is 0 Å². The maximum Gasteiger partial charge on any atom is 0.128 e. The number of aliphatic hydroxyl groups is 1. The molecule has 1 fully saturated rings. The highest BCUT2D eigenvalue weighted by atomic mass is 79.9. The minimum Gasteiger partial charge on any atom is -0.396 e. The lowest BCUT2D eigenvalue weighted by Gasteiger charge is -2.38. The van der Waals surface area contributed by atoms with Crippen LogP contribution in [0.2, 0.25) is 0 Å². The topological polar surface area (TPSA) is 23.5 Å². The highest BCUT2D eigenvalue weighted by Gasteiger charge is 2.26. The van der Waals surface area contributed by atoms with E-state index in [2.05, 4.69) is 20.8 Å². The van der Waals surface area contributed by atoms with E-state index in [0.717, 1.165) is 17.6 Å². The fraction of sp³-hybridized carbons (Fsp3) is 0.455. The van der Waals surface area contributed by atoms with Gasteiger partial charge in [-0.3, -0.25) is 4.90 Å². The van der Waals surface area contributed by atoms with E-state index in [9.17, 15) is 4.39 Å². The third-order valence-electron chi connectivity index (χ3n) is 2.73. The van der Waals surface area contributed by atoms with Crippen LogP contribution >= 0.6 is 15.9 Å². The lowest BCUT2D eigenvalue weighted by molar-refractivity contribution is 0.0470. The van der Waals surface area contributed by atoms with Crippen molar-refractivity contribution in [3.8, 4) is 0 Å². The molecule has 0 spiro atoms. The van der Waals surface area contributed by atoms with Crippen molar-refractivity contribution in [3.05, 3.63) is 34.1 Å². The molecule has 2 rings (SSSR count). The van der Waals surface area contributed by atoms with Crippen LogP contribution in [0.15, 0.2) is 22.7 Å². The van der Waals surface area contributed by atoms with Crippen molar-refractivity contribution in [2.24, 2.45) is 5.92 Å². The summed E-state index contributed by atoms with van der Waals surface area (Å²) in [5.41, 5.74) is 0.703. The Morgan fingerprint density at radius 1 is 1.47 bits per heavy atom. The molecule has 82 valence electrons. The molecule has 0 amide bonds. The van der Waals surface area contributed by atoms with Gasteiger partial charge < -0.3 is 5.11 Å². The van der Waals surface area contributed by atoms with E-state index >= 15 is 0 Å². The normalized spacial score (nSPS) is 17.8. The number of halogens is 2. The second-order valence-corrected chi connectivity index (χ2v) is 4.80. The molecule has 0 unspecified atom stereocenters. The molecule has 2 nitrogen and oxygen atoms in total. The molecule has 1 saturated heterocycles. The SMILES string of the molecule is OCC1CN(Cc2c(F)cccc2Br)C1. The van der Waals surface area contributed by atoms with Crippen LogP contribution < -0.4 is 0 Å². The monoisotopic (exact) mass is 273 g/mol. The molecule has 0 saturated carbocycles. The van der Waals surface area contributed by atoms with E-state index in [1.54, 1.807) is 6.07 Å². The Morgan fingerprint density at radius 2 is 2.20 bits per heavy atom. The zero-order valence-electron chi connectivity index (χ0n) is 8.29. The first-order valence-electron chi connectivity index (χ1n) is 4.97. The summed E-state index contributed by atoms with van der Waals surface area (Å²) >= 11 is 3.35. The molecule has 1 N–H and O–H groups in total. The van der Waals surface area contributed by atoms with E-state index in [0.29, 0.717) is 18.0 Å². The number of likely N-dealkylation sites (tertiary alicyclic amines) is 1. The fourth-order valence-electron chi connectivity index (χ4n) is 1.83. The second-order valence-electron chi connectivity index (χ2n) is 3.94. The van der Waals surface area contributed by atoms with Crippen LogP contribution in [0.25, 0.3) is 0 Å². The number of rotatable bonds is 3. The van der Waals surface area contributed by atoms with Gasteiger partial charge in [0.2, 0.25) is 0 Å². The minimum absolute atomic E-state index is 0.170. The van der Waals surface area contributed by atoms with E-state index in [-0.39, 0.29) is 12.4 Å². The van der Waals surface area contributed by atoms with Crippen LogP contribution in [0, 0.1) is 11.7 Å². The zero-order valence-corrected chi connectivity index (χ0v) is 9.87. The standard InChI is InChI=1S/C11H13BrFNO/c12-10-2-1-3-11(13)9(10)6-14-4-8(5-14)7-15/h1-3,8,15H,4-7H2. The van der Waals surface area contributed by atoms with Gasteiger partial charge in [0.15, 0.2) is 0 Å². The smallest absolute Gasteiger partial charge is 0.128 e. The minimum atomic E-state index is -0.170. The lowest BCUT2D eigenvalue weighted by Crippen LogP contribution is -2.47. The van der Waals surface area contributed by atoms with Crippen molar-refractivity contribution in [2.45, 2.75) is 6.54 Å². The molecule has 0 aromatic heterocycles. The molecule has 0 radical (unpaired) electrons. The Balaban J connectivity index is 2.00. The average Bonchev–Trinajstić information content (AvgIpc) is 2.14. The molecule has 1 heterocycles. The molecule has 0 bridgehead atoms. The number of hydrogen-bond donors (Lipinski definition) is 1. The molecule has 15 heavy (non-hydrogen) atoms. The third-order valence-corrected chi connectivity index (χ3v) is 3.48. The summed E-state index contributed by atoms with van der Waals surface area (Å²) in [6, 6.07) is 5.01. The van der Waals surface area contributed by atoms with E-state index in [1.807, 2.05) is 6.07 Å². The number of benzene rings is 1. The van der Waals surface area contributed by atoms with Crippen LogP contribution in [0.5, 0.6) is 0 Å². The second kappa shape index (κ2) is 4.60. The van der Waals surface area contributed by atoms with E-state index in [1.165, 1.54) is 6.07 Å². The van der Waals surface area contributed by atoms with Gasteiger partial charge in [-0.05, 0) is 12.1 Å².